The van der Waals surface area contributed by atoms with E-state index < -0.39 is 0 Å². The van der Waals surface area contributed by atoms with Crippen molar-refractivity contribution in [3.8, 4) is 0 Å². The second-order valence-corrected chi connectivity index (χ2v) is 3.43. The van der Waals surface area contributed by atoms with E-state index in [1.165, 1.54) is 16.3 Å². The zero-order chi connectivity index (χ0) is 9.10. The van der Waals surface area contributed by atoms with Crippen molar-refractivity contribution in [2.45, 2.75) is 0 Å². The summed E-state index contributed by atoms with van der Waals surface area (Å²) < 4.78 is 0. The number of halogens is 1. The van der Waals surface area contributed by atoms with Crippen molar-refractivity contribution in [2.75, 3.05) is 0 Å². The van der Waals surface area contributed by atoms with Gasteiger partial charge in [0.2, 0.25) is 0 Å². The Morgan fingerprint density at radius 1 is 0.923 bits per heavy atom. The molecule has 1 heteroatoms. The third kappa shape index (κ3) is 1.81. The van der Waals surface area contributed by atoms with Gasteiger partial charge in [-0.05, 0) is 33.5 Å². The molecule has 0 N–H and O–H groups in total. The van der Waals surface area contributed by atoms with E-state index in [0.29, 0.717) is 0 Å². The summed E-state index contributed by atoms with van der Waals surface area (Å²) in [6.07, 6.45) is 2.03. The fourth-order valence-corrected chi connectivity index (χ4v) is 1.69. The summed E-state index contributed by atoms with van der Waals surface area (Å²) in [5.74, 6) is 0. The third-order valence-electron chi connectivity index (χ3n) is 2.03. The molecule has 0 amide bonds. The van der Waals surface area contributed by atoms with E-state index in [9.17, 15) is 0 Å². The predicted molar refractivity (Wildman–Crippen MR) is 61.9 cm³/mol. The molecule has 0 saturated carbocycles. The molecule has 0 aliphatic rings. The smallest absolute Gasteiger partial charge is 0.0178 e. The molecule has 64 valence electrons. The van der Waals surface area contributed by atoms with Gasteiger partial charge in [-0.3, -0.25) is 0 Å². The summed E-state index contributed by atoms with van der Waals surface area (Å²) in [5.41, 5.74) is 1.22. The van der Waals surface area contributed by atoms with Gasteiger partial charge in [0.05, 0.1) is 0 Å². The van der Waals surface area contributed by atoms with Gasteiger partial charge in [-0.25, -0.2) is 0 Å². The van der Waals surface area contributed by atoms with Crippen molar-refractivity contribution in [1.29, 1.82) is 0 Å². The highest BCUT2D eigenvalue weighted by Gasteiger charge is 1.91. The van der Waals surface area contributed by atoms with Crippen LogP contribution in [0.3, 0.4) is 0 Å². The first-order valence-corrected chi connectivity index (χ1v) is 5.07. The van der Waals surface area contributed by atoms with E-state index in [4.69, 9.17) is 0 Å². The van der Waals surface area contributed by atoms with E-state index in [1.54, 1.807) is 0 Å². The Morgan fingerprint density at radius 3 is 2.46 bits per heavy atom. The second-order valence-electron chi connectivity index (χ2n) is 2.90. The molecule has 0 unspecified atom stereocenters. The molecule has 13 heavy (non-hydrogen) atoms. The lowest BCUT2D eigenvalue weighted by atomic mass is 10.1. The Labute approximate surface area is 86.0 Å². The third-order valence-corrected chi connectivity index (χ3v) is 2.29. The molecule has 0 aliphatic heterocycles. The average molecular weight is 233 g/mol. The molecule has 0 nitrogen and oxygen atoms in total. The SMILES string of the molecule is BrC=Cc1ccc2ccccc2c1. The first-order valence-electron chi connectivity index (χ1n) is 4.16. The van der Waals surface area contributed by atoms with E-state index in [2.05, 4.69) is 58.4 Å². The number of rotatable bonds is 1. The Kier molecular flexibility index (Phi) is 2.46. The minimum absolute atomic E-state index is 1.22. The topological polar surface area (TPSA) is 0 Å². The van der Waals surface area contributed by atoms with Crippen LogP contribution in [0.15, 0.2) is 47.4 Å². The van der Waals surface area contributed by atoms with Crippen molar-refractivity contribution in [2.24, 2.45) is 0 Å². The highest BCUT2D eigenvalue weighted by Crippen LogP contribution is 2.16. The zero-order valence-electron chi connectivity index (χ0n) is 7.07. The molecule has 0 bridgehead atoms. The number of benzene rings is 2. The fourth-order valence-electron chi connectivity index (χ4n) is 1.38. The zero-order valence-corrected chi connectivity index (χ0v) is 8.66. The van der Waals surface area contributed by atoms with Gasteiger partial charge in [-0.15, -0.1) is 0 Å². The predicted octanol–water partition coefficient (Wildman–Crippen LogP) is 4.21. The molecule has 0 aliphatic carbocycles. The maximum absolute atomic E-state index is 3.27. The molecular weight excluding hydrogens is 224 g/mol. The van der Waals surface area contributed by atoms with Crippen LogP contribution in [0.25, 0.3) is 16.8 Å². The van der Waals surface area contributed by atoms with Crippen LogP contribution in [0.1, 0.15) is 5.56 Å². The summed E-state index contributed by atoms with van der Waals surface area (Å²) in [4.78, 5) is 1.87. The Hall–Kier alpha value is -1.08. The molecule has 0 aromatic heterocycles. The molecule has 0 fully saturated rings. The molecule has 2 rings (SSSR count). The van der Waals surface area contributed by atoms with Gasteiger partial charge in [0, 0.05) is 0 Å². The first-order chi connectivity index (χ1) is 6.40. The summed E-state index contributed by atoms with van der Waals surface area (Å²) in [5, 5.41) is 2.57. The van der Waals surface area contributed by atoms with Gasteiger partial charge in [0.25, 0.3) is 0 Å². The monoisotopic (exact) mass is 232 g/mol. The largest absolute Gasteiger partial charge is 0.0616 e. The van der Waals surface area contributed by atoms with Crippen molar-refractivity contribution < 1.29 is 0 Å². The van der Waals surface area contributed by atoms with E-state index in [-0.39, 0.29) is 0 Å². The van der Waals surface area contributed by atoms with E-state index in [1.807, 2.05) is 11.1 Å². The average Bonchev–Trinajstić information content (AvgIpc) is 2.18. The second kappa shape index (κ2) is 3.75. The van der Waals surface area contributed by atoms with Gasteiger partial charge < -0.3 is 0 Å². The van der Waals surface area contributed by atoms with Crippen molar-refractivity contribution in [1.82, 2.24) is 0 Å². The minimum Gasteiger partial charge on any atom is -0.0616 e. The molecule has 0 atom stereocenters. The van der Waals surface area contributed by atoms with Gasteiger partial charge in [0.15, 0.2) is 0 Å². The normalized spacial score (nSPS) is 11.2. The molecule has 0 spiro atoms. The van der Waals surface area contributed by atoms with Crippen LogP contribution in [0, 0.1) is 0 Å². The van der Waals surface area contributed by atoms with Gasteiger partial charge in [-0.2, -0.15) is 0 Å². The molecule has 0 radical (unpaired) electrons. The van der Waals surface area contributed by atoms with Crippen LogP contribution in [0.4, 0.5) is 0 Å². The highest BCUT2D eigenvalue weighted by atomic mass is 79.9. The van der Waals surface area contributed by atoms with Gasteiger partial charge in [-0.1, -0.05) is 52.3 Å². The molecule has 0 saturated heterocycles. The summed E-state index contributed by atoms with van der Waals surface area (Å²) in [6, 6.07) is 14.8. The van der Waals surface area contributed by atoms with E-state index in [0.717, 1.165) is 0 Å². The van der Waals surface area contributed by atoms with Crippen molar-refractivity contribution in [3.05, 3.63) is 53.0 Å². The van der Waals surface area contributed by atoms with Crippen LogP contribution in [-0.2, 0) is 0 Å². The Balaban J connectivity index is 2.62. The van der Waals surface area contributed by atoms with Crippen LogP contribution >= 0.6 is 15.9 Å². The standard InChI is InChI=1S/C12H9Br/c13-8-7-10-5-6-11-3-1-2-4-12(11)9-10/h1-9H. The lowest BCUT2D eigenvalue weighted by molar-refractivity contribution is 1.71. The van der Waals surface area contributed by atoms with E-state index >= 15 is 0 Å². The number of hydrogen-bond donors (Lipinski definition) is 0. The lowest BCUT2D eigenvalue weighted by Gasteiger charge is -1.98. The first kappa shape index (κ1) is 8.52. The molecule has 0 heterocycles. The molecule has 2 aromatic rings. The van der Waals surface area contributed by atoms with Crippen LogP contribution in [0.2, 0.25) is 0 Å². The number of hydrogen-bond acceptors (Lipinski definition) is 0. The summed E-state index contributed by atoms with van der Waals surface area (Å²) in [6.45, 7) is 0. The molecule has 2 aromatic carbocycles. The molecular formula is C12H9Br. The van der Waals surface area contributed by atoms with Crippen LogP contribution in [0.5, 0.6) is 0 Å². The maximum atomic E-state index is 3.27. The summed E-state index contributed by atoms with van der Waals surface area (Å²) in [7, 11) is 0. The van der Waals surface area contributed by atoms with Gasteiger partial charge >= 0.3 is 0 Å². The number of fused-ring (bicyclic) bond motifs is 1. The quantitative estimate of drug-likeness (QED) is 0.692. The lowest BCUT2D eigenvalue weighted by Crippen LogP contribution is -1.73. The Bertz CT molecular complexity index is 444. The van der Waals surface area contributed by atoms with Gasteiger partial charge in [0.1, 0.15) is 0 Å². The minimum atomic E-state index is 1.22. The van der Waals surface area contributed by atoms with Crippen LogP contribution in [-0.4, -0.2) is 0 Å². The fraction of sp³-hybridized carbons (Fsp3) is 0. The van der Waals surface area contributed by atoms with Crippen LogP contribution < -0.4 is 0 Å². The van der Waals surface area contributed by atoms with Crippen molar-refractivity contribution >= 4 is 32.8 Å². The Morgan fingerprint density at radius 2 is 1.69 bits per heavy atom. The maximum Gasteiger partial charge on any atom is -0.0178 e. The van der Waals surface area contributed by atoms with Crippen molar-refractivity contribution in [3.63, 3.8) is 0 Å². The highest BCUT2D eigenvalue weighted by molar-refractivity contribution is 9.11. The summed E-state index contributed by atoms with van der Waals surface area (Å²) >= 11 is 3.27.